The van der Waals surface area contributed by atoms with Crippen LogP contribution in [0.25, 0.3) is 0 Å². The maximum absolute atomic E-state index is 8.58. The van der Waals surface area contributed by atoms with Gasteiger partial charge in [-0.15, -0.1) is 0 Å². The van der Waals surface area contributed by atoms with Crippen LogP contribution in [0.15, 0.2) is 10.2 Å². The molecule has 0 aromatic heterocycles. The van der Waals surface area contributed by atoms with Crippen molar-refractivity contribution < 1.29 is 0 Å². The summed E-state index contributed by atoms with van der Waals surface area (Å²) in [6, 6.07) is 3.94. The molecule has 0 rings (SSSR count). The number of azo groups is 1. The molecule has 0 aliphatic heterocycles. The lowest BCUT2D eigenvalue weighted by Gasteiger charge is -2.11. The number of nitrogens with zero attached hydrogens (tertiary/aromatic N) is 4. The van der Waals surface area contributed by atoms with Gasteiger partial charge in [-0.05, 0) is 27.7 Å². The molecule has 0 radical (unpaired) electrons. The van der Waals surface area contributed by atoms with E-state index in [2.05, 4.69) is 10.2 Å². The van der Waals surface area contributed by atoms with Gasteiger partial charge in [0.1, 0.15) is 0 Å². The van der Waals surface area contributed by atoms with Crippen molar-refractivity contribution in [3.63, 3.8) is 0 Å². The molecular weight excluding hydrogens is 152 g/mol. The van der Waals surface area contributed by atoms with Crippen molar-refractivity contribution in [2.24, 2.45) is 10.2 Å². The predicted molar refractivity (Wildman–Crippen MR) is 44.2 cm³/mol. The monoisotopic (exact) mass is 164 g/mol. The Kier molecular flexibility index (Phi) is 2.93. The molecule has 0 unspecified atom stereocenters. The van der Waals surface area contributed by atoms with Crippen molar-refractivity contribution in [2.45, 2.75) is 38.8 Å². The summed E-state index contributed by atoms with van der Waals surface area (Å²) in [5.74, 6) is 0. The predicted octanol–water partition coefficient (Wildman–Crippen LogP) is 2.04. The van der Waals surface area contributed by atoms with Crippen molar-refractivity contribution in [3.05, 3.63) is 0 Å². The molecule has 12 heavy (non-hydrogen) atoms. The Balaban J connectivity index is 4.50. The van der Waals surface area contributed by atoms with Gasteiger partial charge >= 0.3 is 0 Å². The standard InChI is InChI=1S/C8H12N4/c1-7(2,5-9)11-12-8(3,4)6-10/h1-4H3/b12-11-. The first kappa shape index (κ1) is 10.6. The van der Waals surface area contributed by atoms with Crippen molar-refractivity contribution in [3.8, 4) is 12.1 Å². The zero-order valence-corrected chi connectivity index (χ0v) is 7.79. The zero-order valence-electron chi connectivity index (χ0n) is 7.79. The van der Waals surface area contributed by atoms with Gasteiger partial charge in [-0.2, -0.15) is 20.8 Å². The van der Waals surface area contributed by atoms with Crippen molar-refractivity contribution in [1.29, 1.82) is 10.5 Å². The fraction of sp³-hybridized carbons (Fsp3) is 0.750. The lowest BCUT2D eigenvalue weighted by atomic mass is 10.1. The van der Waals surface area contributed by atoms with Gasteiger partial charge in [-0.1, -0.05) is 0 Å². The third-order valence-corrected chi connectivity index (χ3v) is 1.10. The highest BCUT2D eigenvalue weighted by Crippen LogP contribution is 2.13. The lowest BCUT2D eigenvalue weighted by molar-refractivity contribution is 0.541. The Labute approximate surface area is 72.5 Å². The van der Waals surface area contributed by atoms with Gasteiger partial charge in [0.15, 0.2) is 11.1 Å². The summed E-state index contributed by atoms with van der Waals surface area (Å²) in [5.41, 5.74) is -1.68. The van der Waals surface area contributed by atoms with E-state index in [1.807, 2.05) is 12.1 Å². The molecule has 0 bridgehead atoms. The van der Waals surface area contributed by atoms with Gasteiger partial charge in [-0.25, -0.2) is 0 Å². The summed E-state index contributed by atoms with van der Waals surface area (Å²) in [4.78, 5) is 0. The highest BCUT2D eigenvalue weighted by Gasteiger charge is 2.19. The van der Waals surface area contributed by atoms with Gasteiger partial charge in [0.25, 0.3) is 0 Å². The van der Waals surface area contributed by atoms with Crippen LogP contribution in [0.2, 0.25) is 0 Å². The van der Waals surface area contributed by atoms with Gasteiger partial charge in [0, 0.05) is 0 Å². The SMILES string of the molecule is CC(C)(C#N)/N=N\C(C)(C)C#N. The molecule has 0 saturated heterocycles. The molecule has 4 heteroatoms. The van der Waals surface area contributed by atoms with Crippen molar-refractivity contribution in [2.75, 3.05) is 0 Å². The average Bonchev–Trinajstić information content (AvgIpc) is 2.02. The molecular formula is C8H12N4. The third kappa shape index (κ3) is 3.68. The summed E-state index contributed by atoms with van der Waals surface area (Å²) < 4.78 is 0. The van der Waals surface area contributed by atoms with Crippen LogP contribution in [0.4, 0.5) is 0 Å². The van der Waals surface area contributed by atoms with E-state index in [9.17, 15) is 0 Å². The largest absolute Gasteiger partial charge is 0.196 e. The molecule has 0 aromatic carbocycles. The van der Waals surface area contributed by atoms with E-state index in [4.69, 9.17) is 10.5 Å². The van der Waals surface area contributed by atoms with E-state index in [0.717, 1.165) is 0 Å². The number of nitriles is 2. The Hall–Kier alpha value is -1.42. The molecule has 0 atom stereocenters. The van der Waals surface area contributed by atoms with E-state index in [1.54, 1.807) is 27.7 Å². The van der Waals surface area contributed by atoms with Crippen molar-refractivity contribution in [1.82, 2.24) is 0 Å². The molecule has 64 valence electrons. The van der Waals surface area contributed by atoms with Crippen LogP contribution in [0.5, 0.6) is 0 Å². The lowest BCUT2D eigenvalue weighted by Crippen LogP contribution is -2.17. The van der Waals surface area contributed by atoms with Gasteiger partial charge in [0.2, 0.25) is 0 Å². The van der Waals surface area contributed by atoms with E-state index in [-0.39, 0.29) is 0 Å². The van der Waals surface area contributed by atoms with E-state index in [0.29, 0.717) is 0 Å². The van der Waals surface area contributed by atoms with Gasteiger partial charge < -0.3 is 0 Å². The summed E-state index contributed by atoms with van der Waals surface area (Å²) in [5, 5.41) is 24.7. The zero-order chi connectivity index (χ0) is 9.83. The summed E-state index contributed by atoms with van der Waals surface area (Å²) >= 11 is 0. The fourth-order valence-electron chi connectivity index (χ4n) is 0.295. The summed E-state index contributed by atoms with van der Waals surface area (Å²) in [6.45, 7) is 6.57. The second-order valence-electron chi connectivity index (χ2n) is 3.54. The van der Waals surface area contributed by atoms with Crippen LogP contribution in [0.1, 0.15) is 27.7 Å². The second kappa shape index (κ2) is 3.32. The Bertz CT molecular complexity index is 234. The van der Waals surface area contributed by atoms with Crippen molar-refractivity contribution >= 4 is 0 Å². The summed E-state index contributed by atoms with van der Waals surface area (Å²) in [6.07, 6.45) is 0. The normalized spacial score (nSPS) is 12.5. The molecule has 0 heterocycles. The number of hydrogen-bond acceptors (Lipinski definition) is 4. The molecule has 0 aromatic rings. The minimum atomic E-state index is -0.839. The van der Waals surface area contributed by atoms with E-state index in [1.165, 1.54) is 0 Å². The van der Waals surface area contributed by atoms with Crippen LogP contribution in [0, 0.1) is 22.7 Å². The Morgan fingerprint density at radius 3 is 1.25 bits per heavy atom. The Morgan fingerprint density at radius 1 is 0.833 bits per heavy atom. The molecule has 0 amide bonds. The van der Waals surface area contributed by atoms with Crippen LogP contribution in [-0.2, 0) is 0 Å². The third-order valence-electron chi connectivity index (χ3n) is 1.10. The van der Waals surface area contributed by atoms with Crippen LogP contribution < -0.4 is 0 Å². The van der Waals surface area contributed by atoms with Crippen LogP contribution in [-0.4, -0.2) is 11.1 Å². The topological polar surface area (TPSA) is 72.3 Å². The molecule has 0 aliphatic carbocycles. The first-order valence-corrected chi connectivity index (χ1v) is 3.59. The molecule has 0 aliphatic rings. The highest BCUT2D eigenvalue weighted by atomic mass is 15.2. The quantitative estimate of drug-likeness (QED) is 0.586. The fourth-order valence-corrected chi connectivity index (χ4v) is 0.295. The van der Waals surface area contributed by atoms with Crippen LogP contribution >= 0.6 is 0 Å². The molecule has 0 saturated carbocycles. The first-order valence-electron chi connectivity index (χ1n) is 3.59. The highest BCUT2D eigenvalue weighted by molar-refractivity contribution is 5.03. The molecule has 0 N–H and O–H groups in total. The maximum Gasteiger partial charge on any atom is 0.162 e. The maximum atomic E-state index is 8.58. The van der Waals surface area contributed by atoms with Crippen LogP contribution in [0.3, 0.4) is 0 Å². The van der Waals surface area contributed by atoms with Gasteiger partial charge in [0.05, 0.1) is 12.1 Å². The molecule has 0 spiro atoms. The molecule has 4 nitrogen and oxygen atoms in total. The smallest absolute Gasteiger partial charge is 0.162 e. The number of rotatable bonds is 2. The summed E-state index contributed by atoms with van der Waals surface area (Å²) in [7, 11) is 0. The first-order chi connectivity index (χ1) is 5.33. The number of hydrogen-bond donors (Lipinski definition) is 0. The Morgan fingerprint density at radius 2 is 1.08 bits per heavy atom. The molecule has 0 fully saturated rings. The van der Waals surface area contributed by atoms with E-state index >= 15 is 0 Å². The second-order valence-corrected chi connectivity index (χ2v) is 3.54. The van der Waals surface area contributed by atoms with Gasteiger partial charge in [-0.3, -0.25) is 0 Å². The average molecular weight is 164 g/mol. The minimum absolute atomic E-state index is 0.839. The van der Waals surface area contributed by atoms with E-state index < -0.39 is 11.1 Å². The minimum Gasteiger partial charge on any atom is -0.196 e.